The van der Waals surface area contributed by atoms with Crippen molar-refractivity contribution >= 4 is 21.5 Å². The Balaban J connectivity index is 0.00000353. The smallest absolute Gasteiger partial charge is 0.367 e. The van der Waals surface area contributed by atoms with Crippen LogP contribution in [-0.4, -0.2) is 39.2 Å². The molecule has 0 amide bonds. The van der Waals surface area contributed by atoms with Crippen molar-refractivity contribution in [3.05, 3.63) is 107 Å². The lowest BCUT2D eigenvalue weighted by Gasteiger charge is -2.18. The lowest BCUT2D eigenvalue weighted by atomic mass is 9.90. The first-order valence-corrected chi connectivity index (χ1v) is 13.0. The Labute approximate surface area is 247 Å². The summed E-state index contributed by atoms with van der Waals surface area (Å²) < 4.78 is 12.4. The summed E-state index contributed by atoms with van der Waals surface area (Å²) in [7, 11) is 3.12. The molecule has 212 valence electrons. The lowest BCUT2D eigenvalue weighted by Crippen LogP contribution is -3.00. The van der Waals surface area contributed by atoms with Crippen molar-refractivity contribution in [3.63, 3.8) is 0 Å². The number of hydrogen-bond donors (Lipinski definition) is 2. The molecule has 3 N–H and O–H groups in total. The van der Waals surface area contributed by atoms with E-state index in [1.54, 1.807) is 38.7 Å². The van der Waals surface area contributed by atoms with Crippen LogP contribution in [0.4, 0.5) is 0 Å². The molecule has 0 aliphatic carbocycles. The first-order chi connectivity index (χ1) is 20.1. The molecule has 0 fully saturated rings. The molecule has 0 spiro atoms. The van der Waals surface area contributed by atoms with Gasteiger partial charge in [-0.05, 0) is 75.5 Å². The summed E-state index contributed by atoms with van der Waals surface area (Å²) in [4.78, 5) is 21.3. The maximum atomic E-state index is 13.7. The van der Waals surface area contributed by atoms with E-state index in [0.717, 1.165) is 10.8 Å². The van der Waals surface area contributed by atoms with Crippen molar-refractivity contribution in [2.75, 3.05) is 14.2 Å². The van der Waals surface area contributed by atoms with Gasteiger partial charge in [0.15, 0.2) is 11.5 Å². The second-order valence-corrected chi connectivity index (χ2v) is 9.42. The highest BCUT2D eigenvalue weighted by Gasteiger charge is 2.23. The molecular weight excluding hydrogens is 556 g/mol. The first kappa shape index (κ1) is 28.7. The molecule has 6 aromatic rings. The van der Waals surface area contributed by atoms with E-state index >= 15 is 0 Å². The number of nitrogens with zero attached hydrogens (tertiary/aromatic N) is 3. The zero-order valence-corrected chi connectivity index (χ0v) is 23.6. The van der Waals surface area contributed by atoms with E-state index in [-0.39, 0.29) is 31.2 Å². The van der Waals surface area contributed by atoms with Gasteiger partial charge in [-0.3, -0.25) is 4.98 Å². The summed E-state index contributed by atoms with van der Waals surface area (Å²) in [5, 5.41) is 28.2. The van der Waals surface area contributed by atoms with Crippen LogP contribution < -0.4 is 32.4 Å². The third-order valence-corrected chi connectivity index (χ3v) is 7.19. The van der Waals surface area contributed by atoms with Crippen LogP contribution >= 0.6 is 0 Å². The summed E-state index contributed by atoms with van der Waals surface area (Å²) in [5.74, 6) is 1.49. The van der Waals surface area contributed by atoms with E-state index in [1.165, 1.54) is 4.68 Å². The molecule has 0 aliphatic heterocycles. The summed E-state index contributed by atoms with van der Waals surface area (Å²) in [5.41, 5.74) is 3.46. The van der Waals surface area contributed by atoms with E-state index in [4.69, 9.17) is 14.6 Å². The zero-order valence-electron chi connectivity index (χ0n) is 22.8. The Morgan fingerprint density at radius 1 is 0.857 bits per heavy atom. The van der Waals surface area contributed by atoms with Gasteiger partial charge in [-0.25, -0.2) is 9.78 Å². The molecule has 0 bridgehead atoms. The van der Waals surface area contributed by atoms with Crippen LogP contribution in [0.5, 0.6) is 11.5 Å². The number of fused-ring (bicyclic) bond motifs is 2. The number of halogens is 1. The Hall–Kier alpha value is -4.83. The van der Waals surface area contributed by atoms with Gasteiger partial charge in [0.25, 0.3) is 0 Å². The van der Waals surface area contributed by atoms with E-state index < -0.39 is 0 Å². The van der Waals surface area contributed by atoms with Crippen LogP contribution in [0.25, 0.3) is 49.9 Å². The number of methoxy groups -OCH3 is 2. The number of benzene rings is 3. The minimum absolute atomic E-state index is 0. The molecule has 3 aromatic carbocycles. The number of rotatable bonds is 7. The summed E-state index contributed by atoms with van der Waals surface area (Å²) in [6.07, 6.45) is 3.40. The van der Waals surface area contributed by atoms with Gasteiger partial charge >= 0.3 is 11.4 Å². The highest BCUT2D eigenvalue weighted by Crippen LogP contribution is 2.40. The highest BCUT2D eigenvalue weighted by molar-refractivity contribution is 6.01. The second kappa shape index (κ2) is 12.0. The Morgan fingerprint density at radius 3 is 2.29 bits per heavy atom. The van der Waals surface area contributed by atoms with Gasteiger partial charge in [0, 0.05) is 17.6 Å². The van der Waals surface area contributed by atoms with Crippen LogP contribution in [-0.2, 0) is 13.2 Å². The number of aromatic nitrogens is 4. The molecule has 6 rings (SSSR count). The topological polar surface area (TPSA) is 121 Å². The van der Waals surface area contributed by atoms with E-state index in [9.17, 15) is 15.0 Å². The van der Waals surface area contributed by atoms with Gasteiger partial charge in [-0.2, -0.15) is 0 Å². The van der Waals surface area contributed by atoms with E-state index in [0.29, 0.717) is 61.7 Å². The lowest BCUT2D eigenvalue weighted by molar-refractivity contribution is -0.374. The molecule has 3 heterocycles. The summed E-state index contributed by atoms with van der Waals surface area (Å²) in [6.45, 7) is -0.570. The third-order valence-electron chi connectivity index (χ3n) is 7.19. The van der Waals surface area contributed by atoms with Crippen molar-refractivity contribution in [2.45, 2.75) is 13.2 Å². The van der Waals surface area contributed by atoms with Crippen LogP contribution in [0.1, 0.15) is 11.1 Å². The number of aromatic amines is 1. The molecule has 0 saturated carbocycles. The monoisotopic (exact) mass is 582 g/mol. The number of pyridine rings is 2. The summed E-state index contributed by atoms with van der Waals surface area (Å²) >= 11 is 0. The van der Waals surface area contributed by atoms with Gasteiger partial charge in [-0.15, -0.1) is 0 Å². The standard InChI is InChI=1S/C32H26N4O5.ClH/c1-40-27-14-20-13-21(17-37)25(18-38)30(24(20)16-28(27)41-2)19-10-12-34-29(15-19)36-32(39)23-8-4-3-7-22(23)31(35-36)26-9-5-6-11-33-26;/h3-16,37-38H,17-18H2,1-2H3;1H. The first-order valence-electron chi connectivity index (χ1n) is 13.0. The number of aliphatic hydroxyl groups excluding tert-OH is 2. The van der Waals surface area contributed by atoms with E-state index in [2.05, 4.69) is 9.97 Å². The third kappa shape index (κ3) is 4.83. The fourth-order valence-corrected chi connectivity index (χ4v) is 5.26. The SMILES string of the molecule is COc1cc2cc(CO)c(CO)c(-c3cc[nH+]c(-n4nc(-c5ccccn5)c5ccccc5c4=O)c3)c2cc1OC.[Cl-]. The predicted octanol–water partition coefficient (Wildman–Crippen LogP) is 1.09. The van der Waals surface area contributed by atoms with Crippen LogP contribution in [0.2, 0.25) is 0 Å². The maximum absolute atomic E-state index is 13.7. The molecule has 10 heteroatoms. The quantitative estimate of drug-likeness (QED) is 0.289. The summed E-state index contributed by atoms with van der Waals surface area (Å²) in [6, 6.07) is 22.0. The van der Waals surface area contributed by atoms with Crippen molar-refractivity contribution < 1.29 is 37.1 Å². The fraction of sp³-hybridized carbons (Fsp3) is 0.125. The van der Waals surface area contributed by atoms with Crippen molar-refractivity contribution in [1.82, 2.24) is 14.8 Å². The van der Waals surface area contributed by atoms with Gasteiger partial charge < -0.3 is 32.1 Å². The largest absolute Gasteiger partial charge is 1.00 e. The fourth-order valence-electron chi connectivity index (χ4n) is 5.26. The molecule has 0 radical (unpaired) electrons. The van der Waals surface area contributed by atoms with Crippen LogP contribution in [0.15, 0.2) is 90.0 Å². The van der Waals surface area contributed by atoms with Gasteiger partial charge in [0.1, 0.15) is 5.69 Å². The molecule has 42 heavy (non-hydrogen) atoms. The number of hydrogen-bond acceptors (Lipinski definition) is 7. The molecule has 0 atom stereocenters. The molecule has 0 saturated heterocycles. The zero-order chi connectivity index (χ0) is 28.5. The number of H-pyrrole nitrogens is 1. The molecular formula is C32H27ClN4O5. The molecule has 0 unspecified atom stereocenters. The minimum Gasteiger partial charge on any atom is -1.00 e. The predicted molar refractivity (Wildman–Crippen MR) is 155 cm³/mol. The van der Waals surface area contributed by atoms with E-state index in [1.807, 2.05) is 60.7 Å². The molecule has 9 nitrogen and oxygen atoms in total. The molecule has 0 aliphatic rings. The van der Waals surface area contributed by atoms with Crippen LogP contribution in [0.3, 0.4) is 0 Å². The Bertz CT molecular complexity index is 1970. The van der Waals surface area contributed by atoms with Crippen molar-refractivity contribution in [3.8, 4) is 39.8 Å². The minimum atomic E-state index is -0.304. The average molecular weight is 583 g/mol. The average Bonchev–Trinajstić information content (AvgIpc) is 3.03. The highest BCUT2D eigenvalue weighted by atomic mass is 35.5. The number of ether oxygens (including phenoxy) is 2. The number of aliphatic hydroxyl groups is 2. The maximum Gasteiger partial charge on any atom is 0.367 e. The van der Waals surface area contributed by atoms with Crippen molar-refractivity contribution in [1.29, 1.82) is 0 Å². The Morgan fingerprint density at radius 2 is 1.60 bits per heavy atom. The van der Waals surface area contributed by atoms with Gasteiger partial charge in [0.2, 0.25) is 0 Å². The van der Waals surface area contributed by atoms with Crippen LogP contribution in [0, 0.1) is 0 Å². The van der Waals surface area contributed by atoms with Crippen molar-refractivity contribution in [2.24, 2.45) is 0 Å². The van der Waals surface area contributed by atoms with Gasteiger partial charge in [-0.1, -0.05) is 34.0 Å². The number of nitrogens with one attached hydrogen (secondary N) is 1. The van der Waals surface area contributed by atoms with Gasteiger partial charge in [0.05, 0.1) is 44.7 Å². The molecule has 3 aromatic heterocycles. The Kier molecular flexibility index (Phi) is 8.17. The normalized spacial score (nSPS) is 11.0. The second-order valence-electron chi connectivity index (χ2n) is 9.42.